The van der Waals surface area contributed by atoms with E-state index in [4.69, 9.17) is 4.52 Å². The molecule has 6 heteroatoms. The second-order valence-corrected chi connectivity index (χ2v) is 5.65. The van der Waals surface area contributed by atoms with Crippen LogP contribution in [0.4, 0.5) is 0 Å². The summed E-state index contributed by atoms with van der Waals surface area (Å²) in [5.74, 6) is 0.723. The van der Waals surface area contributed by atoms with Crippen LogP contribution in [-0.2, 0) is 11.2 Å². The van der Waals surface area contributed by atoms with Crippen LogP contribution < -0.4 is 0 Å². The van der Waals surface area contributed by atoms with Gasteiger partial charge in [-0.05, 0) is 19.8 Å². The Hall–Kier alpha value is -1.69. The molecule has 0 N–H and O–H groups in total. The van der Waals surface area contributed by atoms with Crippen LogP contribution in [0, 0.1) is 6.92 Å². The molecular formula is C13H15N3O2S. The van der Waals surface area contributed by atoms with Crippen LogP contribution in [0.3, 0.4) is 0 Å². The third kappa shape index (κ3) is 2.53. The van der Waals surface area contributed by atoms with Gasteiger partial charge in [0.2, 0.25) is 5.91 Å². The van der Waals surface area contributed by atoms with Gasteiger partial charge in [-0.25, -0.2) is 4.98 Å². The van der Waals surface area contributed by atoms with E-state index in [0.717, 1.165) is 30.1 Å². The first-order chi connectivity index (χ1) is 9.24. The molecule has 3 rings (SSSR count). The number of aryl methyl sites for hydroxylation is 1. The lowest BCUT2D eigenvalue weighted by atomic mass is 10.2. The van der Waals surface area contributed by atoms with E-state index < -0.39 is 0 Å². The minimum absolute atomic E-state index is 0.0915. The van der Waals surface area contributed by atoms with Crippen molar-refractivity contribution in [2.75, 3.05) is 6.54 Å². The van der Waals surface area contributed by atoms with E-state index in [1.807, 2.05) is 23.3 Å². The zero-order valence-electron chi connectivity index (χ0n) is 10.7. The summed E-state index contributed by atoms with van der Waals surface area (Å²) in [5.41, 5.74) is 0.806. The minimum atomic E-state index is 0.0915. The zero-order chi connectivity index (χ0) is 13.2. The number of likely N-dealkylation sites (tertiary alicyclic amines) is 1. The van der Waals surface area contributed by atoms with Gasteiger partial charge in [0.25, 0.3) is 0 Å². The predicted octanol–water partition coefficient (Wildman–Crippen LogP) is 2.35. The number of carbonyl (C=O) groups is 1. The number of amides is 1. The number of hydrogen-bond donors (Lipinski definition) is 0. The first-order valence-corrected chi connectivity index (χ1v) is 7.23. The van der Waals surface area contributed by atoms with Crippen molar-refractivity contribution in [3.8, 4) is 0 Å². The lowest BCUT2D eigenvalue weighted by molar-refractivity contribution is -0.131. The van der Waals surface area contributed by atoms with Crippen LogP contribution in [0.2, 0.25) is 0 Å². The predicted molar refractivity (Wildman–Crippen MR) is 70.7 cm³/mol. The Morgan fingerprint density at radius 2 is 2.53 bits per heavy atom. The van der Waals surface area contributed by atoms with Crippen molar-refractivity contribution in [3.63, 3.8) is 0 Å². The molecule has 2 aromatic rings. The fourth-order valence-corrected chi connectivity index (χ4v) is 3.26. The molecule has 1 saturated heterocycles. The molecule has 3 heterocycles. The van der Waals surface area contributed by atoms with Gasteiger partial charge in [-0.2, -0.15) is 0 Å². The highest BCUT2D eigenvalue weighted by atomic mass is 32.1. The quantitative estimate of drug-likeness (QED) is 0.864. The Kier molecular flexibility index (Phi) is 3.33. The molecule has 1 aliphatic heterocycles. The van der Waals surface area contributed by atoms with Gasteiger partial charge in [0.05, 0.1) is 18.2 Å². The number of thiazole rings is 1. The molecule has 5 nitrogen and oxygen atoms in total. The number of nitrogens with zero attached hydrogens (tertiary/aromatic N) is 3. The maximum Gasteiger partial charge on any atom is 0.230 e. The molecule has 19 heavy (non-hydrogen) atoms. The molecule has 100 valence electrons. The Labute approximate surface area is 115 Å². The molecule has 1 aliphatic rings. The summed E-state index contributed by atoms with van der Waals surface area (Å²) in [7, 11) is 0. The van der Waals surface area contributed by atoms with E-state index in [-0.39, 0.29) is 18.4 Å². The van der Waals surface area contributed by atoms with E-state index >= 15 is 0 Å². The Morgan fingerprint density at radius 1 is 1.63 bits per heavy atom. The average Bonchev–Trinajstić information content (AvgIpc) is 3.07. The topological polar surface area (TPSA) is 59.2 Å². The molecule has 0 radical (unpaired) electrons. The van der Waals surface area contributed by atoms with Gasteiger partial charge in [-0.3, -0.25) is 4.79 Å². The summed E-state index contributed by atoms with van der Waals surface area (Å²) in [4.78, 5) is 18.6. The zero-order valence-corrected chi connectivity index (χ0v) is 11.5. The molecule has 1 fully saturated rings. The molecule has 0 unspecified atom stereocenters. The van der Waals surface area contributed by atoms with Crippen LogP contribution in [0.1, 0.15) is 35.3 Å². The van der Waals surface area contributed by atoms with Crippen LogP contribution >= 0.6 is 11.3 Å². The Bertz CT molecular complexity index is 564. The smallest absolute Gasteiger partial charge is 0.230 e. The van der Waals surface area contributed by atoms with Gasteiger partial charge in [-0.1, -0.05) is 5.16 Å². The van der Waals surface area contributed by atoms with Gasteiger partial charge < -0.3 is 9.42 Å². The van der Waals surface area contributed by atoms with Crippen molar-refractivity contribution in [3.05, 3.63) is 34.1 Å². The number of aromatic nitrogens is 2. The highest BCUT2D eigenvalue weighted by Crippen LogP contribution is 2.33. The monoisotopic (exact) mass is 277 g/mol. The summed E-state index contributed by atoms with van der Waals surface area (Å²) in [6.45, 7) is 2.65. The second-order valence-electron chi connectivity index (χ2n) is 4.73. The summed E-state index contributed by atoms with van der Waals surface area (Å²) >= 11 is 1.61. The normalized spacial score (nSPS) is 19.0. The van der Waals surface area contributed by atoms with E-state index in [2.05, 4.69) is 10.1 Å². The summed E-state index contributed by atoms with van der Waals surface area (Å²) in [6, 6.07) is 1.95. The molecule has 1 atom stereocenters. The fourth-order valence-electron chi connectivity index (χ4n) is 2.47. The molecule has 0 spiro atoms. The van der Waals surface area contributed by atoms with Crippen LogP contribution in [0.25, 0.3) is 0 Å². The van der Waals surface area contributed by atoms with Gasteiger partial charge in [0.15, 0.2) is 0 Å². The van der Waals surface area contributed by atoms with Crippen molar-refractivity contribution >= 4 is 17.2 Å². The van der Waals surface area contributed by atoms with E-state index in [0.29, 0.717) is 5.76 Å². The van der Waals surface area contributed by atoms with Crippen molar-refractivity contribution in [2.24, 2.45) is 0 Å². The molecule has 0 saturated carbocycles. The number of rotatable bonds is 3. The standard InChI is InChI=1S/C13H15N3O2S/c1-9-7-10(18-15-9)8-12(17)16-5-2-3-11(16)13-14-4-6-19-13/h4,6-7,11H,2-3,5,8H2,1H3/t11-/m1/s1. The van der Waals surface area contributed by atoms with E-state index in [1.165, 1.54) is 0 Å². The molecule has 1 amide bonds. The summed E-state index contributed by atoms with van der Waals surface area (Å²) < 4.78 is 5.11. The Morgan fingerprint density at radius 3 is 3.21 bits per heavy atom. The minimum Gasteiger partial charge on any atom is -0.361 e. The van der Waals surface area contributed by atoms with Crippen molar-refractivity contribution in [2.45, 2.75) is 32.2 Å². The molecule has 0 bridgehead atoms. The van der Waals surface area contributed by atoms with Crippen LogP contribution in [0.5, 0.6) is 0 Å². The lowest BCUT2D eigenvalue weighted by Crippen LogP contribution is -2.31. The number of carbonyl (C=O) groups excluding carboxylic acids is 1. The number of hydrogen-bond acceptors (Lipinski definition) is 5. The maximum atomic E-state index is 12.3. The molecular weight excluding hydrogens is 262 g/mol. The molecule has 0 aromatic carbocycles. The third-order valence-electron chi connectivity index (χ3n) is 3.31. The average molecular weight is 277 g/mol. The fraction of sp³-hybridized carbons (Fsp3) is 0.462. The highest BCUT2D eigenvalue weighted by Gasteiger charge is 2.31. The third-order valence-corrected chi connectivity index (χ3v) is 4.19. The van der Waals surface area contributed by atoms with Crippen molar-refractivity contribution in [1.82, 2.24) is 15.0 Å². The first kappa shape index (κ1) is 12.3. The van der Waals surface area contributed by atoms with Gasteiger partial charge in [-0.15, -0.1) is 11.3 Å². The SMILES string of the molecule is Cc1cc(CC(=O)N2CCC[C@@H]2c2nccs2)on1. The van der Waals surface area contributed by atoms with E-state index in [1.54, 1.807) is 17.5 Å². The maximum absolute atomic E-state index is 12.3. The summed E-state index contributed by atoms with van der Waals surface area (Å²) in [6.07, 6.45) is 4.10. The van der Waals surface area contributed by atoms with Crippen molar-refractivity contribution < 1.29 is 9.32 Å². The van der Waals surface area contributed by atoms with Crippen LogP contribution in [-0.4, -0.2) is 27.5 Å². The first-order valence-electron chi connectivity index (χ1n) is 6.35. The molecule has 2 aromatic heterocycles. The van der Waals surface area contributed by atoms with Gasteiger partial charge in [0.1, 0.15) is 10.8 Å². The largest absolute Gasteiger partial charge is 0.361 e. The van der Waals surface area contributed by atoms with Gasteiger partial charge >= 0.3 is 0 Å². The second kappa shape index (κ2) is 5.13. The van der Waals surface area contributed by atoms with Gasteiger partial charge in [0, 0.05) is 24.2 Å². The van der Waals surface area contributed by atoms with Crippen molar-refractivity contribution in [1.29, 1.82) is 0 Å². The Balaban J connectivity index is 1.72. The van der Waals surface area contributed by atoms with Crippen LogP contribution in [0.15, 0.2) is 22.2 Å². The lowest BCUT2D eigenvalue weighted by Gasteiger charge is -2.22. The highest BCUT2D eigenvalue weighted by molar-refractivity contribution is 7.09. The molecule has 0 aliphatic carbocycles. The summed E-state index contributed by atoms with van der Waals surface area (Å²) in [5, 5.41) is 6.79. The van der Waals surface area contributed by atoms with E-state index in [9.17, 15) is 4.79 Å².